The highest BCUT2D eigenvalue weighted by atomic mass is 35.7. The predicted molar refractivity (Wildman–Crippen MR) is 70.8 cm³/mol. The van der Waals surface area contributed by atoms with Crippen molar-refractivity contribution < 1.29 is 13.2 Å². The second-order valence-electron chi connectivity index (χ2n) is 5.05. The first kappa shape index (κ1) is 14.3. The van der Waals surface area contributed by atoms with Crippen LogP contribution in [0.25, 0.3) is 0 Å². The van der Waals surface area contributed by atoms with Gasteiger partial charge in [-0.1, -0.05) is 13.8 Å². The van der Waals surface area contributed by atoms with Crippen molar-refractivity contribution in [3.8, 4) is 0 Å². The summed E-state index contributed by atoms with van der Waals surface area (Å²) in [5, 5.41) is 6.47. The molecule has 2 rings (SSSR count). The lowest BCUT2D eigenvalue weighted by Crippen LogP contribution is -2.30. The van der Waals surface area contributed by atoms with Crippen LogP contribution in [0.15, 0.2) is 4.90 Å². The van der Waals surface area contributed by atoms with Gasteiger partial charge >= 0.3 is 0 Å². The molecule has 1 aromatic heterocycles. The van der Waals surface area contributed by atoms with Crippen molar-refractivity contribution in [1.29, 1.82) is 0 Å². The molecule has 1 amide bonds. The predicted octanol–water partition coefficient (Wildman–Crippen LogP) is 1.69. The lowest BCUT2D eigenvalue weighted by Gasteiger charge is -2.15. The third kappa shape index (κ3) is 2.76. The molecular weight excluding hydrogens is 290 g/mol. The van der Waals surface area contributed by atoms with E-state index < -0.39 is 15.0 Å². The van der Waals surface area contributed by atoms with Crippen LogP contribution in [0, 0.1) is 0 Å². The van der Waals surface area contributed by atoms with Gasteiger partial charge in [0.2, 0.25) is 0 Å². The molecule has 19 heavy (non-hydrogen) atoms. The number of hydrogen-bond donors (Lipinski definition) is 1. The van der Waals surface area contributed by atoms with Crippen molar-refractivity contribution in [3.63, 3.8) is 0 Å². The van der Waals surface area contributed by atoms with Crippen LogP contribution in [0.3, 0.4) is 0 Å². The molecule has 0 unspecified atom stereocenters. The number of nitrogens with one attached hydrogen (secondary N) is 1. The SMILES string of the molecule is CC(C)c1[nH]nc(C(=O)N(C)C2CC2)c1S(=O)(=O)Cl. The Hall–Kier alpha value is -1.08. The van der Waals surface area contributed by atoms with Gasteiger partial charge in [-0.2, -0.15) is 5.10 Å². The van der Waals surface area contributed by atoms with Crippen LogP contribution in [0.4, 0.5) is 0 Å². The van der Waals surface area contributed by atoms with Crippen LogP contribution in [0.5, 0.6) is 0 Å². The lowest BCUT2D eigenvalue weighted by molar-refractivity contribution is 0.0775. The average Bonchev–Trinajstić information content (AvgIpc) is 3.03. The van der Waals surface area contributed by atoms with E-state index in [1.165, 1.54) is 4.90 Å². The van der Waals surface area contributed by atoms with E-state index in [1.807, 2.05) is 0 Å². The minimum atomic E-state index is -4.02. The van der Waals surface area contributed by atoms with E-state index in [-0.39, 0.29) is 22.5 Å². The highest BCUT2D eigenvalue weighted by Crippen LogP contribution is 2.31. The second kappa shape index (κ2) is 4.79. The van der Waals surface area contributed by atoms with Crippen molar-refractivity contribution >= 4 is 25.6 Å². The van der Waals surface area contributed by atoms with Crippen molar-refractivity contribution in [2.75, 3.05) is 7.05 Å². The van der Waals surface area contributed by atoms with Crippen LogP contribution in [-0.4, -0.2) is 42.5 Å². The van der Waals surface area contributed by atoms with E-state index in [4.69, 9.17) is 10.7 Å². The Bertz CT molecular complexity index is 605. The molecule has 106 valence electrons. The summed E-state index contributed by atoms with van der Waals surface area (Å²) in [6, 6.07) is 0.178. The van der Waals surface area contributed by atoms with Gasteiger partial charge in [0.25, 0.3) is 15.0 Å². The van der Waals surface area contributed by atoms with Gasteiger partial charge in [-0.05, 0) is 18.8 Å². The third-order valence-electron chi connectivity index (χ3n) is 3.19. The lowest BCUT2D eigenvalue weighted by atomic mass is 10.1. The van der Waals surface area contributed by atoms with Crippen molar-refractivity contribution in [1.82, 2.24) is 15.1 Å². The molecule has 0 aliphatic heterocycles. The fourth-order valence-corrected chi connectivity index (χ4v) is 3.30. The van der Waals surface area contributed by atoms with Gasteiger partial charge in [0.05, 0.1) is 5.69 Å². The highest BCUT2D eigenvalue weighted by Gasteiger charge is 2.36. The van der Waals surface area contributed by atoms with Crippen molar-refractivity contribution in [2.45, 2.75) is 43.5 Å². The molecule has 1 heterocycles. The third-order valence-corrected chi connectivity index (χ3v) is 4.55. The zero-order valence-electron chi connectivity index (χ0n) is 11.0. The van der Waals surface area contributed by atoms with Crippen LogP contribution < -0.4 is 0 Å². The smallest absolute Gasteiger partial charge is 0.275 e. The highest BCUT2D eigenvalue weighted by molar-refractivity contribution is 8.13. The summed E-state index contributed by atoms with van der Waals surface area (Å²) in [5.41, 5.74) is 0.246. The Labute approximate surface area is 116 Å². The molecule has 1 aliphatic carbocycles. The van der Waals surface area contributed by atoms with Gasteiger partial charge in [-0.3, -0.25) is 9.89 Å². The van der Waals surface area contributed by atoms with Gasteiger partial charge in [0.1, 0.15) is 4.90 Å². The number of rotatable bonds is 4. The molecule has 0 atom stereocenters. The Morgan fingerprint density at radius 3 is 2.47 bits per heavy atom. The molecular formula is C11H16ClN3O3S. The first-order chi connectivity index (χ1) is 8.73. The number of amides is 1. The Morgan fingerprint density at radius 1 is 1.47 bits per heavy atom. The van der Waals surface area contributed by atoms with Crippen LogP contribution >= 0.6 is 10.7 Å². The summed E-state index contributed by atoms with van der Waals surface area (Å²) in [7, 11) is 3.07. The standard InChI is InChI=1S/C11H16ClN3O3S/c1-6(2)8-10(19(12,17)18)9(14-13-8)11(16)15(3)7-4-5-7/h6-7H,4-5H2,1-3H3,(H,13,14). The molecule has 1 aliphatic rings. The second-order valence-corrected chi connectivity index (χ2v) is 7.56. The maximum Gasteiger partial charge on any atom is 0.275 e. The fraction of sp³-hybridized carbons (Fsp3) is 0.636. The average molecular weight is 306 g/mol. The summed E-state index contributed by atoms with van der Waals surface area (Å²) >= 11 is 0. The summed E-state index contributed by atoms with van der Waals surface area (Å²) in [6.07, 6.45) is 1.87. The molecule has 1 fully saturated rings. The minimum absolute atomic E-state index is 0.117. The van der Waals surface area contributed by atoms with E-state index >= 15 is 0 Å². The number of nitrogens with zero attached hydrogens (tertiary/aromatic N) is 2. The van der Waals surface area contributed by atoms with Gasteiger partial charge in [-0.15, -0.1) is 0 Å². The molecule has 0 aromatic carbocycles. The quantitative estimate of drug-likeness (QED) is 0.858. The largest absolute Gasteiger partial charge is 0.337 e. The fourth-order valence-electron chi connectivity index (χ4n) is 1.92. The first-order valence-electron chi connectivity index (χ1n) is 6.03. The molecule has 8 heteroatoms. The van der Waals surface area contributed by atoms with Crippen LogP contribution in [-0.2, 0) is 9.05 Å². The van der Waals surface area contributed by atoms with E-state index in [0.717, 1.165) is 12.8 Å². The molecule has 0 spiro atoms. The van der Waals surface area contributed by atoms with Crippen LogP contribution in [0.2, 0.25) is 0 Å². The van der Waals surface area contributed by atoms with E-state index in [9.17, 15) is 13.2 Å². The Morgan fingerprint density at radius 2 is 2.05 bits per heavy atom. The number of carbonyl (C=O) groups is 1. The number of halogens is 1. The number of carbonyl (C=O) groups excluding carboxylic acids is 1. The summed E-state index contributed by atoms with van der Waals surface area (Å²) < 4.78 is 23.4. The Kier molecular flexibility index (Phi) is 3.61. The summed E-state index contributed by atoms with van der Waals surface area (Å²) in [5.74, 6) is -0.534. The maximum atomic E-state index is 12.2. The Balaban J connectivity index is 2.48. The van der Waals surface area contributed by atoms with Crippen molar-refractivity contribution in [3.05, 3.63) is 11.4 Å². The van der Waals surface area contributed by atoms with Gasteiger partial charge in [0, 0.05) is 23.8 Å². The van der Waals surface area contributed by atoms with E-state index in [0.29, 0.717) is 5.69 Å². The molecule has 1 saturated carbocycles. The molecule has 0 bridgehead atoms. The molecule has 0 radical (unpaired) electrons. The van der Waals surface area contributed by atoms with Crippen LogP contribution in [0.1, 0.15) is 48.8 Å². The normalized spacial score (nSPS) is 15.8. The summed E-state index contributed by atoms with van der Waals surface area (Å²) in [4.78, 5) is 13.6. The molecule has 1 N–H and O–H groups in total. The molecule has 1 aromatic rings. The molecule has 6 nitrogen and oxygen atoms in total. The van der Waals surface area contributed by atoms with Gasteiger partial charge in [0.15, 0.2) is 5.69 Å². The van der Waals surface area contributed by atoms with Gasteiger partial charge in [-0.25, -0.2) is 8.42 Å². The van der Waals surface area contributed by atoms with Gasteiger partial charge < -0.3 is 4.90 Å². The molecule has 0 saturated heterocycles. The number of hydrogen-bond acceptors (Lipinski definition) is 4. The topological polar surface area (TPSA) is 83.1 Å². The van der Waals surface area contributed by atoms with Crippen molar-refractivity contribution in [2.24, 2.45) is 0 Å². The zero-order chi connectivity index (χ0) is 14.4. The maximum absolute atomic E-state index is 12.2. The van der Waals surface area contributed by atoms with E-state index in [2.05, 4.69) is 10.2 Å². The number of aromatic amines is 1. The zero-order valence-corrected chi connectivity index (χ0v) is 12.5. The monoisotopic (exact) mass is 305 g/mol. The minimum Gasteiger partial charge on any atom is -0.337 e. The summed E-state index contributed by atoms with van der Waals surface area (Å²) in [6.45, 7) is 3.61. The first-order valence-corrected chi connectivity index (χ1v) is 8.34. The van der Waals surface area contributed by atoms with E-state index in [1.54, 1.807) is 20.9 Å². The number of H-pyrrole nitrogens is 1. The number of aromatic nitrogens is 2.